The molecule has 0 spiro atoms. The van der Waals surface area contributed by atoms with Gasteiger partial charge >= 0.3 is 0 Å². The van der Waals surface area contributed by atoms with Gasteiger partial charge in [-0.3, -0.25) is 0 Å². The Bertz CT molecular complexity index is 498. The lowest BCUT2D eigenvalue weighted by Gasteiger charge is -2.49. The fraction of sp³-hybridized carbons (Fsp3) is 0.619. The fourth-order valence-electron chi connectivity index (χ4n) is 5.57. The summed E-state index contributed by atoms with van der Waals surface area (Å²) < 4.78 is 0. The van der Waals surface area contributed by atoms with Gasteiger partial charge < -0.3 is 0 Å². The van der Waals surface area contributed by atoms with Gasteiger partial charge in [0.25, 0.3) is 0 Å². The van der Waals surface area contributed by atoms with E-state index in [0.29, 0.717) is 0 Å². The Morgan fingerprint density at radius 1 is 0.762 bits per heavy atom. The van der Waals surface area contributed by atoms with Crippen molar-refractivity contribution in [2.45, 2.75) is 57.8 Å². The number of rotatable bonds is 1. The molecule has 4 atom stereocenters. The van der Waals surface area contributed by atoms with E-state index in [-0.39, 0.29) is 0 Å². The van der Waals surface area contributed by atoms with Crippen LogP contribution in [-0.2, 0) is 0 Å². The molecule has 3 saturated carbocycles. The van der Waals surface area contributed by atoms with Gasteiger partial charge in [0.15, 0.2) is 0 Å². The van der Waals surface area contributed by atoms with Crippen molar-refractivity contribution >= 4 is 6.08 Å². The van der Waals surface area contributed by atoms with Crippen molar-refractivity contribution in [3.05, 3.63) is 41.5 Å². The van der Waals surface area contributed by atoms with E-state index in [1.807, 2.05) is 0 Å². The molecule has 1 aromatic rings. The zero-order valence-electron chi connectivity index (χ0n) is 13.1. The second-order valence-corrected chi connectivity index (χ2v) is 7.60. The van der Waals surface area contributed by atoms with Crippen LogP contribution in [0.5, 0.6) is 0 Å². The standard InChI is InChI=1S/C21H28/c1-2-8-16(9-3-1)14-18-15-17-10-4-5-11-19(17)21-13-7-6-12-20(18)21/h1-3,8-9,14,17,19-21H,4-7,10-13,15H2/b18-14+/t17-,19-,20-,21+/m0/s1. The molecule has 0 radical (unpaired) electrons. The first-order valence-corrected chi connectivity index (χ1v) is 9.17. The van der Waals surface area contributed by atoms with Gasteiger partial charge in [-0.2, -0.15) is 0 Å². The smallest absolute Gasteiger partial charge is 0.0169 e. The van der Waals surface area contributed by atoms with E-state index in [1.165, 1.54) is 63.4 Å². The number of hydrogen-bond donors (Lipinski definition) is 0. The molecule has 4 rings (SSSR count). The van der Waals surface area contributed by atoms with Crippen LogP contribution in [0.2, 0.25) is 0 Å². The normalized spacial score (nSPS) is 37.8. The molecule has 0 saturated heterocycles. The lowest BCUT2D eigenvalue weighted by atomic mass is 9.56. The van der Waals surface area contributed by atoms with Crippen molar-refractivity contribution in [1.29, 1.82) is 0 Å². The molecule has 21 heavy (non-hydrogen) atoms. The van der Waals surface area contributed by atoms with Gasteiger partial charge in [-0.15, -0.1) is 0 Å². The quantitative estimate of drug-likeness (QED) is 0.584. The zero-order valence-corrected chi connectivity index (χ0v) is 13.1. The fourth-order valence-corrected chi connectivity index (χ4v) is 5.57. The van der Waals surface area contributed by atoms with E-state index < -0.39 is 0 Å². The first kappa shape index (κ1) is 13.6. The second-order valence-electron chi connectivity index (χ2n) is 7.60. The summed E-state index contributed by atoms with van der Waals surface area (Å²) in [5.41, 5.74) is 3.22. The van der Waals surface area contributed by atoms with Gasteiger partial charge in [0.05, 0.1) is 0 Å². The molecule has 0 unspecified atom stereocenters. The van der Waals surface area contributed by atoms with Gasteiger partial charge in [0, 0.05) is 0 Å². The summed E-state index contributed by atoms with van der Waals surface area (Å²) in [6.45, 7) is 0. The summed E-state index contributed by atoms with van der Waals surface area (Å²) in [6.07, 6.45) is 15.9. The lowest BCUT2D eigenvalue weighted by Crippen LogP contribution is -2.39. The van der Waals surface area contributed by atoms with Crippen LogP contribution in [0.25, 0.3) is 6.08 Å². The van der Waals surface area contributed by atoms with Crippen LogP contribution in [-0.4, -0.2) is 0 Å². The molecule has 3 aliphatic rings. The van der Waals surface area contributed by atoms with Gasteiger partial charge in [-0.1, -0.05) is 67.7 Å². The van der Waals surface area contributed by atoms with Crippen molar-refractivity contribution < 1.29 is 0 Å². The molecule has 0 bridgehead atoms. The van der Waals surface area contributed by atoms with E-state index in [1.54, 1.807) is 5.57 Å². The zero-order chi connectivity index (χ0) is 14.1. The first-order valence-electron chi connectivity index (χ1n) is 9.17. The number of hydrogen-bond acceptors (Lipinski definition) is 0. The van der Waals surface area contributed by atoms with Crippen molar-refractivity contribution in [3.8, 4) is 0 Å². The summed E-state index contributed by atoms with van der Waals surface area (Å²) in [6, 6.07) is 11.0. The molecule has 3 fully saturated rings. The summed E-state index contributed by atoms with van der Waals surface area (Å²) in [4.78, 5) is 0. The predicted octanol–water partition coefficient (Wildman–Crippen LogP) is 6.09. The highest BCUT2D eigenvalue weighted by molar-refractivity contribution is 5.54. The van der Waals surface area contributed by atoms with E-state index in [9.17, 15) is 0 Å². The first-order chi connectivity index (χ1) is 10.4. The van der Waals surface area contributed by atoms with Crippen molar-refractivity contribution in [2.24, 2.45) is 23.7 Å². The Morgan fingerprint density at radius 2 is 1.48 bits per heavy atom. The third-order valence-electron chi connectivity index (χ3n) is 6.46. The molecule has 0 heteroatoms. The summed E-state index contributed by atoms with van der Waals surface area (Å²) >= 11 is 0. The minimum atomic E-state index is 0.915. The molecule has 0 aliphatic heterocycles. The maximum Gasteiger partial charge on any atom is -0.0169 e. The van der Waals surface area contributed by atoms with Crippen LogP contribution in [0, 0.1) is 23.7 Å². The van der Waals surface area contributed by atoms with Crippen LogP contribution in [0.15, 0.2) is 35.9 Å². The van der Waals surface area contributed by atoms with Crippen LogP contribution in [0.3, 0.4) is 0 Å². The highest BCUT2D eigenvalue weighted by Crippen LogP contribution is 2.53. The summed E-state index contributed by atoms with van der Waals surface area (Å²) in [5, 5.41) is 0. The molecule has 0 nitrogen and oxygen atoms in total. The van der Waals surface area contributed by atoms with E-state index in [4.69, 9.17) is 0 Å². The Hall–Kier alpha value is -1.04. The third-order valence-corrected chi connectivity index (χ3v) is 6.46. The maximum absolute atomic E-state index is 2.55. The molecule has 0 N–H and O–H groups in total. The molecule has 0 aromatic heterocycles. The minimum Gasteiger partial charge on any atom is -0.0659 e. The summed E-state index contributed by atoms with van der Waals surface area (Å²) in [7, 11) is 0. The molecule has 3 aliphatic carbocycles. The maximum atomic E-state index is 2.55. The van der Waals surface area contributed by atoms with Gasteiger partial charge in [-0.25, -0.2) is 0 Å². The van der Waals surface area contributed by atoms with Gasteiger partial charge in [-0.05, 0) is 61.3 Å². The van der Waals surface area contributed by atoms with Crippen LogP contribution < -0.4 is 0 Å². The molecular formula is C21H28. The van der Waals surface area contributed by atoms with Crippen LogP contribution in [0.4, 0.5) is 0 Å². The highest BCUT2D eigenvalue weighted by Gasteiger charge is 2.43. The highest BCUT2D eigenvalue weighted by atomic mass is 14.5. The molecule has 112 valence electrons. The topological polar surface area (TPSA) is 0 Å². The molecule has 0 heterocycles. The van der Waals surface area contributed by atoms with Gasteiger partial charge in [0.2, 0.25) is 0 Å². The van der Waals surface area contributed by atoms with Crippen molar-refractivity contribution in [3.63, 3.8) is 0 Å². The number of benzene rings is 1. The lowest BCUT2D eigenvalue weighted by molar-refractivity contribution is 0.0636. The van der Waals surface area contributed by atoms with E-state index in [0.717, 1.165) is 23.7 Å². The third kappa shape index (κ3) is 2.70. The van der Waals surface area contributed by atoms with E-state index >= 15 is 0 Å². The van der Waals surface area contributed by atoms with E-state index in [2.05, 4.69) is 36.4 Å². The number of allylic oxidation sites excluding steroid dienone is 1. The minimum absolute atomic E-state index is 0.915. The second kappa shape index (κ2) is 5.99. The largest absolute Gasteiger partial charge is 0.0659 e. The van der Waals surface area contributed by atoms with Crippen molar-refractivity contribution in [1.82, 2.24) is 0 Å². The molecular weight excluding hydrogens is 252 g/mol. The summed E-state index contributed by atoms with van der Waals surface area (Å²) in [5.74, 6) is 4.01. The number of fused-ring (bicyclic) bond motifs is 3. The molecule has 1 aromatic carbocycles. The predicted molar refractivity (Wildman–Crippen MR) is 89.9 cm³/mol. The Kier molecular flexibility index (Phi) is 3.88. The Morgan fingerprint density at radius 3 is 2.33 bits per heavy atom. The average Bonchev–Trinajstić information content (AvgIpc) is 2.56. The Balaban J connectivity index is 1.65. The van der Waals surface area contributed by atoms with Crippen molar-refractivity contribution in [2.75, 3.05) is 0 Å². The van der Waals surface area contributed by atoms with Gasteiger partial charge in [0.1, 0.15) is 0 Å². The van der Waals surface area contributed by atoms with Crippen LogP contribution >= 0.6 is 0 Å². The monoisotopic (exact) mass is 280 g/mol. The molecule has 0 amide bonds. The Labute approximate surface area is 129 Å². The average molecular weight is 280 g/mol. The van der Waals surface area contributed by atoms with Crippen LogP contribution in [0.1, 0.15) is 63.4 Å². The SMILES string of the molecule is C(=C1/C[C@@H]2CCCC[C@@H]2[C@H]2CCCC[C@@H]12)/c1ccccc1.